The number of aromatic nitrogens is 2. The Morgan fingerprint density at radius 3 is 2.65 bits per heavy atom. The minimum absolute atomic E-state index is 0.645. The van der Waals surface area contributed by atoms with Crippen LogP contribution in [0.4, 0.5) is 0 Å². The van der Waals surface area contributed by atoms with Crippen LogP contribution in [0.3, 0.4) is 0 Å². The van der Waals surface area contributed by atoms with E-state index in [1.807, 2.05) is 12.9 Å². The van der Waals surface area contributed by atoms with E-state index in [9.17, 15) is 4.79 Å². The monoisotopic (exact) mass is 276 g/mol. The summed E-state index contributed by atoms with van der Waals surface area (Å²) in [7, 11) is 0. The zero-order valence-corrected chi connectivity index (χ0v) is 13.4. The standard InChI is InChI=1S/C17H28N2O/c1-5-8-10-15(6-2)13-19-16(11-9-12-20)14(4)18-17(19)7-3/h9,15H,5-8,10-11,13H2,1-4H3. The molecule has 0 radical (unpaired) electrons. The van der Waals surface area contributed by atoms with Gasteiger partial charge in [0.25, 0.3) is 0 Å². The highest BCUT2D eigenvalue weighted by molar-refractivity contribution is 5.46. The molecule has 1 aromatic rings. The zero-order valence-electron chi connectivity index (χ0n) is 13.4. The first-order chi connectivity index (χ1) is 9.67. The van der Waals surface area contributed by atoms with E-state index in [0.29, 0.717) is 12.3 Å². The van der Waals surface area contributed by atoms with E-state index in [1.165, 1.54) is 31.4 Å². The summed E-state index contributed by atoms with van der Waals surface area (Å²) in [4.78, 5) is 15.1. The van der Waals surface area contributed by atoms with Gasteiger partial charge in [-0.05, 0) is 19.3 Å². The number of unbranched alkanes of at least 4 members (excludes halogenated alkanes) is 1. The Hall–Kier alpha value is -1.34. The third-order valence-electron chi connectivity index (χ3n) is 4.03. The Labute approximate surface area is 123 Å². The second-order valence-corrected chi connectivity index (χ2v) is 5.47. The Kier molecular flexibility index (Phi) is 7.32. The molecule has 0 saturated heterocycles. The number of rotatable bonds is 9. The van der Waals surface area contributed by atoms with Crippen LogP contribution in [0, 0.1) is 12.8 Å². The van der Waals surface area contributed by atoms with E-state index >= 15 is 0 Å². The topological polar surface area (TPSA) is 34.9 Å². The van der Waals surface area contributed by atoms with Crippen molar-refractivity contribution in [2.24, 2.45) is 5.92 Å². The van der Waals surface area contributed by atoms with Crippen molar-refractivity contribution in [2.45, 2.75) is 72.8 Å². The van der Waals surface area contributed by atoms with Gasteiger partial charge in [-0.2, -0.15) is 0 Å². The number of imidazole rings is 1. The third-order valence-corrected chi connectivity index (χ3v) is 4.03. The van der Waals surface area contributed by atoms with E-state index in [2.05, 4.69) is 30.3 Å². The summed E-state index contributed by atoms with van der Waals surface area (Å²) in [5.41, 5.74) is 2.24. The summed E-state index contributed by atoms with van der Waals surface area (Å²) in [6.07, 6.45) is 8.16. The van der Waals surface area contributed by atoms with Crippen molar-refractivity contribution in [3.63, 3.8) is 0 Å². The molecule has 112 valence electrons. The van der Waals surface area contributed by atoms with Crippen LogP contribution in [-0.4, -0.2) is 15.5 Å². The molecule has 0 aromatic carbocycles. The molecule has 0 amide bonds. The Morgan fingerprint density at radius 2 is 2.10 bits per heavy atom. The van der Waals surface area contributed by atoms with Gasteiger partial charge in [0.2, 0.25) is 0 Å². The lowest BCUT2D eigenvalue weighted by Gasteiger charge is -2.19. The molecule has 1 heterocycles. The molecule has 1 atom stereocenters. The van der Waals surface area contributed by atoms with Crippen LogP contribution in [0.5, 0.6) is 0 Å². The predicted octanol–water partition coefficient (Wildman–Crippen LogP) is 3.90. The molecule has 1 unspecified atom stereocenters. The quantitative estimate of drug-likeness (QED) is 0.641. The van der Waals surface area contributed by atoms with Gasteiger partial charge < -0.3 is 4.57 Å². The van der Waals surface area contributed by atoms with Crippen molar-refractivity contribution in [3.8, 4) is 0 Å². The fraction of sp³-hybridized carbons (Fsp3) is 0.706. The SMILES string of the molecule is CCCCC(CC)Cn1c(CC)nc(C)c1CC=C=O. The molecular formula is C17H28N2O. The number of aryl methyl sites for hydroxylation is 2. The fourth-order valence-corrected chi connectivity index (χ4v) is 2.73. The van der Waals surface area contributed by atoms with Crippen molar-refractivity contribution in [3.05, 3.63) is 23.3 Å². The van der Waals surface area contributed by atoms with Gasteiger partial charge >= 0.3 is 0 Å². The summed E-state index contributed by atoms with van der Waals surface area (Å²) in [5.74, 6) is 3.73. The Bertz CT molecular complexity index is 456. The van der Waals surface area contributed by atoms with Crippen LogP contribution in [0.25, 0.3) is 0 Å². The van der Waals surface area contributed by atoms with Gasteiger partial charge in [0.1, 0.15) is 11.8 Å². The van der Waals surface area contributed by atoms with Crippen molar-refractivity contribution < 1.29 is 4.79 Å². The van der Waals surface area contributed by atoms with E-state index in [1.54, 1.807) is 6.08 Å². The molecular weight excluding hydrogens is 248 g/mol. The molecule has 3 nitrogen and oxygen atoms in total. The van der Waals surface area contributed by atoms with E-state index in [0.717, 1.165) is 24.5 Å². The molecule has 1 aromatic heterocycles. The second-order valence-electron chi connectivity index (χ2n) is 5.47. The van der Waals surface area contributed by atoms with Crippen molar-refractivity contribution in [1.82, 2.24) is 9.55 Å². The Morgan fingerprint density at radius 1 is 1.35 bits per heavy atom. The van der Waals surface area contributed by atoms with Crippen molar-refractivity contribution >= 4 is 5.94 Å². The number of hydrogen-bond acceptors (Lipinski definition) is 2. The van der Waals surface area contributed by atoms with Crippen LogP contribution >= 0.6 is 0 Å². The van der Waals surface area contributed by atoms with Crippen LogP contribution in [0.2, 0.25) is 0 Å². The third kappa shape index (κ3) is 4.35. The summed E-state index contributed by atoms with van der Waals surface area (Å²) in [6, 6.07) is 0. The molecule has 20 heavy (non-hydrogen) atoms. The van der Waals surface area contributed by atoms with Crippen molar-refractivity contribution in [1.29, 1.82) is 0 Å². The smallest absolute Gasteiger partial charge is 0.120 e. The highest BCUT2D eigenvalue weighted by Gasteiger charge is 2.15. The minimum atomic E-state index is 0.645. The predicted molar refractivity (Wildman–Crippen MR) is 83.6 cm³/mol. The maximum Gasteiger partial charge on any atom is 0.120 e. The average Bonchev–Trinajstić information content (AvgIpc) is 2.76. The summed E-state index contributed by atoms with van der Waals surface area (Å²) < 4.78 is 2.34. The molecule has 0 spiro atoms. The van der Waals surface area contributed by atoms with Crippen molar-refractivity contribution in [2.75, 3.05) is 0 Å². The largest absolute Gasteiger partial charge is 0.331 e. The molecule has 0 aliphatic rings. The minimum Gasteiger partial charge on any atom is -0.331 e. The summed E-state index contributed by atoms with van der Waals surface area (Å²) in [6.45, 7) is 9.72. The number of nitrogens with zero attached hydrogens (tertiary/aromatic N) is 2. The lowest BCUT2D eigenvalue weighted by molar-refractivity contribution is 0.381. The summed E-state index contributed by atoms with van der Waals surface area (Å²) >= 11 is 0. The number of carbonyl (C=O) groups excluding carboxylic acids is 1. The lowest BCUT2D eigenvalue weighted by atomic mass is 9.99. The molecule has 0 bridgehead atoms. The number of hydrogen-bond donors (Lipinski definition) is 0. The molecule has 1 rings (SSSR count). The van der Waals surface area contributed by atoms with E-state index < -0.39 is 0 Å². The molecule has 0 aliphatic heterocycles. The van der Waals surface area contributed by atoms with Gasteiger partial charge in [-0.3, -0.25) is 0 Å². The van der Waals surface area contributed by atoms with Crippen LogP contribution in [0.15, 0.2) is 6.08 Å². The first-order valence-corrected chi connectivity index (χ1v) is 7.91. The van der Waals surface area contributed by atoms with Gasteiger partial charge in [0.15, 0.2) is 0 Å². The molecule has 0 fully saturated rings. The summed E-state index contributed by atoms with van der Waals surface area (Å²) in [5, 5.41) is 0. The van der Waals surface area contributed by atoms with Crippen LogP contribution in [0.1, 0.15) is 63.7 Å². The second kappa shape index (κ2) is 8.76. The molecule has 0 saturated carbocycles. The fourth-order valence-electron chi connectivity index (χ4n) is 2.73. The van der Waals surface area contributed by atoms with E-state index in [4.69, 9.17) is 0 Å². The van der Waals surface area contributed by atoms with Gasteiger partial charge in [0.05, 0.1) is 5.69 Å². The lowest BCUT2D eigenvalue weighted by Crippen LogP contribution is -2.15. The molecule has 0 N–H and O–H groups in total. The highest BCUT2D eigenvalue weighted by atomic mass is 16.1. The highest BCUT2D eigenvalue weighted by Crippen LogP contribution is 2.20. The average molecular weight is 276 g/mol. The van der Waals surface area contributed by atoms with E-state index in [-0.39, 0.29) is 0 Å². The number of allylic oxidation sites excluding steroid dienone is 1. The maximum absolute atomic E-state index is 10.5. The van der Waals surface area contributed by atoms with Crippen LogP contribution < -0.4 is 0 Å². The van der Waals surface area contributed by atoms with Gasteiger partial charge in [0, 0.05) is 31.2 Å². The van der Waals surface area contributed by atoms with Crippen LogP contribution in [-0.2, 0) is 24.2 Å². The van der Waals surface area contributed by atoms with Gasteiger partial charge in [-0.25, -0.2) is 9.78 Å². The van der Waals surface area contributed by atoms with Gasteiger partial charge in [-0.1, -0.05) is 40.0 Å². The molecule has 3 heteroatoms. The first-order valence-electron chi connectivity index (χ1n) is 7.91. The molecule has 0 aliphatic carbocycles. The normalized spacial score (nSPS) is 12.2. The van der Waals surface area contributed by atoms with Gasteiger partial charge in [-0.15, -0.1) is 0 Å². The first kappa shape index (κ1) is 16.7. The zero-order chi connectivity index (χ0) is 15.0. The maximum atomic E-state index is 10.5. The Balaban J connectivity index is 2.97.